The zero-order valence-electron chi connectivity index (χ0n) is 16.6. The Bertz CT molecular complexity index is 1040. The molecule has 1 aliphatic carbocycles. The zero-order chi connectivity index (χ0) is 20.9. The number of nitrogen functional groups attached to an aromatic ring is 1. The molecule has 6 nitrogen and oxygen atoms in total. The average molecular weight is 400 g/mol. The van der Waals surface area contributed by atoms with Crippen LogP contribution in [0.3, 0.4) is 0 Å². The smallest absolute Gasteiger partial charge is 0.256 e. The number of anilines is 2. The van der Waals surface area contributed by atoms with Gasteiger partial charge < -0.3 is 16.4 Å². The summed E-state index contributed by atoms with van der Waals surface area (Å²) in [6.07, 6.45) is 3.09. The van der Waals surface area contributed by atoms with Gasteiger partial charge in [0.2, 0.25) is 5.91 Å². The second-order valence-corrected chi connectivity index (χ2v) is 7.50. The summed E-state index contributed by atoms with van der Waals surface area (Å²) in [7, 11) is 0. The van der Waals surface area contributed by atoms with Gasteiger partial charge in [-0.3, -0.25) is 9.59 Å². The maximum atomic E-state index is 12.7. The Morgan fingerprint density at radius 3 is 2.37 bits per heavy atom. The first kappa shape index (κ1) is 19.6. The number of rotatable bonds is 6. The van der Waals surface area contributed by atoms with Gasteiger partial charge in [0, 0.05) is 23.6 Å². The Kier molecular flexibility index (Phi) is 5.75. The second-order valence-electron chi connectivity index (χ2n) is 7.50. The fourth-order valence-corrected chi connectivity index (χ4v) is 3.30. The van der Waals surface area contributed by atoms with Crippen molar-refractivity contribution in [1.82, 2.24) is 10.3 Å². The minimum Gasteiger partial charge on any atom is -0.396 e. The molecule has 0 aliphatic heterocycles. The third-order valence-corrected chi connectivity index (χ3v) is 5.39. The van der Waals surface area contributed by atoms with Gasteiger partial charge in [0.1, 0.15) is 0 Å². The first-order valence-corrected chi connectivity index (χ1v) is 10.1. The highest BCUT2D eigenvalue weighted by atomic mass is 16.2. The van der Waals surface area contributed by atoms with Gasteiger partial charge in [-0.1, -0.05) is 48.9 Å². The Hall–Kier alpha value is -3.67. The molecule has 0 radical (unpaired) electrons. The first-order valence-electron chi connectivity index (χ1n) is 10.1. The van der Waals surface area contributed by atoms with Gasteiger partial charge in [-0.15, -0.1) is 0 Å². The van der Waals surface area contributed by atoms with Crippen molar-refractivity contribution >= 4 is 23.3 Å². The van der Waals surface area contributed by atoms with Crippen LogP contribution in [0.15, 0.2) is 66.7 Å². The third kappa shape index (κ3) is 4.49. The predicted octanol–water partition coefficient (Wildman–Crippen LogP) is 4.00. The van der Waals surface area contributed by atoms with Crippen molar-refractivity contribution in [2.45, 2.75) is 25.8 Å². The molecule has 1 fully saturated rings. The average Bonchev–Trinajstić information content (AvgIpc) is 2.73. The standard InChI is InChI=1S/C24H24N4O2/c25-20-13-14-21(17-5-2-1-3-6-17)27-22(20)28-24(30)19-11-9-16(10-12-19)15-26-23(29)18-7-4-8-18/h1-3,5-6,9-14,18H,4,7-8,15,25H2,(H,26,29)(H,27,28,30). The monoisotopic (exact) mass is 400 g/mol. The van der Waals surface area contributed by atoms with Crippen molar-refractivity contribution in [2.75, 3.05) is 11.1 Å². The fraction of sp³-hybridized carbons (Fsp3) is 0.208. The van der Waals surface area contributed by atoms with Crippen LogP contribution < -0.4 is 16.4 Å². The number of carbonyl (C=O) groups excluding carboxylic acids is 2. The fourth-order valence-electron chi connectivity index (χ4n) is 3.30. The van der Waals surface area contributed by atoms with E-state index < -0.39 is 0 Å². The predicted molar refractivity (Wildman–Crippen MR) is 118 cm³/mol. The number of carbonyl (C=O) groups is 2. The summed E-state index contributed by atoms with van der Waals surface area (Å²) >= 11 is 0. The molecular formula is C24H24N4O2. The lowest BCUT2D eigenvalue weighted by molar-refractivity contribution is -0.127. The van der Waals surface area contributed by atoms with Crippen LogP contribution in [0.2, 0.25) is 0 Å². The van der Waals surface area contributed by atoms with Crippen LogP contribution in [0.4, 0.5) is 11.5 Å². The van der Waals surface area contributed by atoms with E-state index >= 15 is 0 Å². The molecule has 0 atom stereocenters. The zero-order valence-corrected chi connectivity index (χ0v) is 16.6. The van der Waals surface area contributed by atoms with Crippen LogP contribution in [0.25, 0.3) is 11.3 Å². The SMILES string of the molecule is Nc1ccc(-c2ccccc2)nc1NC(=O)c1ccc(CNC(=O)C2CCC2)cc1. The molecule has 6 heteroatoms. The normalized spacial score (nSPS) is 13.3. The van der Waals surface area contributed by atoms with Crippen molar-refractivity contribution in [3.8, 4) is 11.3 Å². The van der Waals surface area contributed by atoms with Gasteiger partial charge in [0.05, 0.1) is 11.4 Å². The third-order valence-electron chi connectivity index (χ3n) is 5.39. The molecule has 4 rings (SSSR count). The summed E-state index contributed by atoms with van der Waals surface area (Å²) in [5.74, 6) is 0.324. The molecule has 0 saturated heterocycles. The highest BCUT2D eigenvalue weighted by molar-refractivity contribution is 6.05. The molecule has 0 bridgehead atoms. The molecule has 2 aromatic carbocycles. The molecule has 1 aromatic heterocycles. The summed E-state index contributed by atoms with van der Waals surface area (Å²) in [6, 6.07) is 20.4. The molecule has 3 aromatic rings. The minimum absolute atomic E-state index is 0.114. The number of nitrogens with two attached hydrogens (primary N) is 1. The first-order chi connectivity index (χ1) is 14.6. The molecule has 1 heterocycles. The largest absolute Gasteiger partial charge is 0.396 e. The highest BCUT2D eigenvalue weighted by Gasteiger charge is 2.24. The summed E-state index contributed by atoms with van der Waals surface area (Å²) < 4.78 is 0. The van der Waals surface area contributed by atoms with E-state index in [1.54, 1.807) is 18.2 Å². The molecule has 4 N–H and O–H groups in total. The second kappa shape index (κ2) is 8.78. The summed E-state index contributed by atoms with van der Waals surface area (Å²) in [5.41, 5.74) is 9.53. The summed E-state index contributed by atoms with van der Waals surface area (Å²) in [4.78, 5) is 29.1. The van der Waals surface area contributed by atoms with Crippen LogP contribution in [-0.2, 0) is 11.3 Å². The molecule has 30 heavy (non-hydrogen) atoms. The van der Waals surface area contributed by atoms with Crippen LogP contribution in [-0.4, -0.2) is 16.8 Å². The Balaban J connectivity index is 1.40. The van der Waals surface area contributed by atoms with Gasteiger partial charge >= 0.3 is 0 Å². The van der Waals surface area contributed by atoms with Crippen LogP contribution in [0, 0.1) is 5.92 Å². The maximum Gasteiger partial charge on any atom is 0.256 e. The molecule has 1 saturated carbocycles. The molecular weight excluding hydrogens is 376 g/mol. The Morgan fingerprint density at radius 1 is 0.967 bits per heavy atom. The minimum atomic E-state index is -0.288. The van der Waals surface area contributed by atoms with E-state index in [1.165, 1.54) is 0 Å². The number of hydrogen-bond donors (Lipinski definition) is 3. The summed E-state index contributed by atoms with van der Waals surface area (Å²) in [5, 5.41) is 5.74. The van der Waals surface area contributed by atoms with Crippen LogP contribution >= 0.6 is 0 Å². The number of aromatic nitrogens is 1. The molecule has 0 spiro atoms. The highest BCUT2D eigenvalue weighted by Crippen LogP contribution is 2.26. The molecule has 1 aliphatic rings. The number of benzene rings is 2. The van der Waals surface area contributed by atoms with Gasteiger partial charge in [-0.25, -0.2) is 4.98 Å². The lowest BCUT2D eigenvalue weighted by Crippen LogP contribution is -2.33. The van der Waals surface area contributed by atoms with E-state index in [9.17, 15) is 9.59 Å². The number of hydrogen-bond acceptors (Lipinski definition) is 4. The van der Waals surface area contributed by atoms with E-state index in [-0.39, 0.29) is 17.7 Å². The van der Waals surface area contributed by atoms with Gasteiger partial charge in [-0.2, -0.15) is 0 Å². The Labute approximate surface area is 175 Å². The van der Waals surface area contributed by atoms with Crippen molar-refractivity contribution in [2.24, 2.45) is 5.92 Å². The van der Waals surface area contributed by atoms with E-state index in [0.29, 0.717) is 23.6 Å². The molecule has 2 amide bonds. The van der Waals surface area contributed by atoms with Gasteiger partial charge in [-0.05, 0) is 42.7 Å². The van der Waals surface area contributed by atoms with Gasteiger partial charge in [0.15, 0.2) is 5.82 Å². The molecule has 152 valence electrons. The van der Waals surface area contributed by atoms with E-state index in [4.69, 9.17) is 5.73 Å². The van der Waals surface area contributed by atoms with E-state index in [1.807, 2.05) is 48.5 Å². The van der Waals surface area contributed by atoms with Crippen molar-refractivity contribution < 1.29 is 9.59 Å². The Morgan fingerprint density at radius 2 is 1.70 bits per heavy atom. The number of pyridine rings is 1. The molecule has 0 unspecified atom stereocenters. The number of nitrogens with one attached hydrogen (secondary N) is 2. The number of amides is 2. The van der Waals surface area contributed by atoms with Crippen LogP contribution in [0.5, 0.6) is 0 Å². The van der Waals surface area contributed by atoms with E-state index in [2.05, 4.69) is 15.6 Å². The maximum absolute atomic E-state index is 12.7. The topological polar surface area (TPSA) is 97.1 Å². The van der Waals surface area contributed by atoms with Gasteiger partial charge in [0.25, 0.3) is 5.91 Å². The summed E-state index contributed by atoms with van der Waals surface area (Å²) in [6.45, 7) is 0.463. The van der Waals surface area contributed by atoms with Crippen LogP contribution in [0.1, 0.15) is 35.2 Å². The lowest BCUT2D eigenvalue weighted by Gasteiger charge is -2.24. The van der Waals surface area contributed by atoms with Crippen molar-refractivity contribution in [1.29, 1.82) is 0 Å². The van der Waals surface area contributed by atoms with E-state index in [0.717, 1.165) is 36.1 Å². The lowest BCUT2D eigenvalue weighted by atomic mass is 9.85. The van der Waals surface area contributed by atoms with Crippen molar-refractivity contribution in [3.05, 3.63) is 77.9 Å². The number of nitrogens with zero attached hydrogens (tertiary/aromatic N) is 1. The quantitative estimate of drug-likeness (QED) is 0.583. The van der Waals surface area contributed by atoms with Crippen molar-refractivity contribution in [3.63, 3.8) is 0 Å².